The smallest absolute Gasteiger partial charge is 0.188 e. The van der Waals surface area contributed by atoms with Gasteiger partial charge in [0.05, 0.1) is 6.54 Å². The monoisotopic (exact) mass is 215 g/mol. The van der Waals surface area contributed by atoms with Crippen LogP contribution in [0.2, 0.25) is 0 Å². The second-order valence-electron chi connectivity index (χ2n) is 3.64. The Balaban J connectivity index is 2.15. The third kappa shape index (κ3) is 4.74. The van der Waals surface area contributed by atoms with Crippen molar-refractivity contribution in [1.29, 1.82) is 0 Å². The van der Waals surface area contributed by atoms with Gasteiger partial charge in [-0.05, 0) is 25.0 Å². The van der Waals surface area contributed by atoms with E-state index in [0.717, 1.165) is 19.5 Å². The van der Waals surface area contributed by atoms with E-state index < -0.39 is 0 Å². The predicted octanol–water partition coefficient (Wildman–Crippen LogP) is 1.59. The first-order chi connectivity index (χ1) is 6.83. The molecule has 82 valence electrons. The summed E-state index contributed by atoms with van der Waals surface area (Å²) < 4.78 is 0. The third-order valence-corrected chi connectivity index (χ3v) is 3.68. The van der Waals surface area contributed by atoms with Crippen LogP contribution in [-0.4, -0.2) is 30.1 Å². The molecule has 1 atom stereocenters. The predicted molar refractivity (Wildman–Crippen MR) is 64.9 cm³/mol. The van der Waals surface area contributed by atoms with E-state index in [-0.39, 0.29) is 0 Å². The van der Waals surface area contributed by atoms with E-state index >= 15 is 0 Å². The highest BCUT2D eigenvalue weighted by Crippen LogP contribution is 2.24. The molecule has 0 spiro atoms. The number of rotatable bonds is 4. The molecule has 1 saturated heterocycles. The molecule has 14 heavy (non-hydrogen) atoms. The molecule has 0 amide bonds. The summed E-state index contributed by atoms with van der Waals surface area (Å²) in [5, 5.41) is 3.79. The van der Waals surface area contributed by atoms with Gasteiger partial charge in [0, 0.05) is 11.8 Å². The summed E-state index contributed by atoms with van der Waals surface area (Å²) in [4.78, 5) is 4.35. The van der Waals surface area contributed by atoms with Crippen molar-refractivity contribution in [3.05, 3.63) is 0 Å². The fourth-order valence-electron chi connectivity index (χ4n) is 1.46. The molecule has 1 heterocycles. The van der Waals surface area contributed by atoms with Gasteiger partial charge in [-0.25, -0.2) is 0 Å². The van der Waals surface area contributed by atoms with Crippen molar-refractivity contribution in [3.8, 4) is 0 Å². The van der Waals surface area contributed by atoms with E-state index in [2.05, 4.69) is 17.2 Å². The lowest BCUT2D eigenvalue weighted by molar-refractivity contribution is 0.666. The fraction of sp³-hybridized carbons (Fsp3) is 0.900. The molecule has 0 saturated carbocycles. The van der Waals surface area contributed by atoms with Crippen molar-refractivity contribution in [2.75, 3.05) is 18.8 Å². The number of hydrogen-bond donors (Lipinski definition) is 2. The molecule has 3 N–H and O–H groups in total. The van der Waals surface area contributed by atoms with Crippen molar-refractivity contribution in [2.24, 2.45) is 10.7 Å². The van der Waals surface area contributed by atoms with Gasteiger partial charge in [0.2, 0.25) is 0 Å². The van der Waals surface area contributed by atoms with E-state index in [4.69, 9.17) is 5.73 Å². The summed E-state index contributed by atoms with van der Waals surface area (Å²) in [6, 6.07) is 0. The largest absolute Gasteiger partial charge is 0.370 e. The van der Waals surface area contributed by atoms with Crippen LogP contribution in [0.1, 0.15) is 32.6 Å². The van der Waals surface area contributed by atoms with Crippen LogP contribution in [0.4, 0.5) is 0 Å². The Hall–Kier alpha value is -0.380. The molecular formula is C10H21N3S. The average molecular weight is 215 g/mol. The maximum absolute atomic E-state index is 5.71. The van der Waals surface area contributed by atoms with Crippen LogP contribution in [0.5, 0.6) is 0 Å². The highest BCUT2D eigenvalue weighted by atomic mass is 32.2. The van der Waals surface area contributed by atoms with Gasteiger partial charge in [-0.2, -0.15) is 11.8 Å². The molecule has 0 aromatic heterocycles. The van der Waals surface area contributed by atoms with E-state index in [9.17, 15) is 0 Å². The minimum Gasteiger partial charge on any atom is -0.370 e. The molecule has 3 nitrogen and oxygen atoms in total. The maximum atomic E-state index is 5.71. The van der Waals surface area contributed by atoms with Crippen molar-refractivity contribution in [1.82, 2.24) is 5.32 Å². The number of nitrogens with zero attached hydrogens (tertiary/aromatic N) is 1. The summed E-state index contributed by atoms with van der Waals surface area (Å²) in [6.07, 6.45) is 5.12. The lowest BCUT2D eigenvalue weighted by Crippen LogP contribution is -2.33. The Morgan fingerprint density at radius 1 is 1.57 bits per heavy atom. The molecular weight excluding hydrogens is 194 g/mol. The molecule has 1 aliphatic heterocycles. The summed E-state index contributed by atoms with van der Waals surface area (Å²) in [5.41, 5.74) is 5.71. The van der Waals surface area contributed by atoms with Gasteiger partial charge in [-0.3, -0.25) is 4.99 Å². The van der Waals surface area contributed by atoms with Crippen molar-refractivity contribution >= 4 is 17.7 Å². The van der Waals surface area contributed by atoms with Gasteiger partial charge >= 0.3 is 0 Å². The van der Waals surface area contributed by atoms with Crippen LogP contribution in [0.3, 0.4) is 0 Å². The second-order valence-corrected chi connectivity index (χ2v) is 5.05. The molecule has 1 unspecified atom stereocenters. The number of hydrogen-bond acceptors (Lipinski definition) is 2. The fourth-order valence-corrected chi connectivity index (χ4v) is 2.68. The van der Waals surface area contributed by atoms with Crippen molar-refractivity contribution < 1.29 is 0 Å². The Bertz CT molecular complexity index is 176. The number of nitrogens with two attached hydrogens (primary N) is 1. The number of guanidine groups is 1. The normalized spacial score (nSPS) is 23.5. The zero-order valence-corrected chi connectivity index (χ0v) is 9.78. The van der Waals surface area contributed by atoms with Crippen LogP contribution in [0, 0.1) is 0 Å². The van der Waals surface area contributed by atoms with Crippen LogP contribution in [0.25, 0.3) is 0 Å². The lowest BCUT2D eigenvalue weighted by Gasteiger charge is -2.19. The molecule has 1 aliphatic rings. The van der Waals surface area contributed by atoms with Gasteiger partial charge in [-0.15, -0.1) is 0 Å². The SMILES string of the molecule is CCCNC(N)=NCC1CCCCS1. The van der Waals surface area contributed by atoms with Crippen molar-refractivity contribution in [2.45, 2.75) is 37.9 Å². The third-order valence-electron chi connectivity index (χ3n) is 2.30. The number of aliphatic imine (C=N–C) groups is 1. The Morgan fingerprint density at radius 3 is 3.07 bits per heavy atom. The molecule has 0 bridgehead atoms. The molecule has 1 rings (SSSR count). The van der Waals surface area contributed by atoms with Crippen LogP contribution in [-0.2, 0) is 0 Å². The minimum atomic E-state index is 0.609. The van der Waals surface area contributed by atoms with Gasteiger partial charge < -0.3 is 11.1 Å². The van der Waals surface area contributed by atoms with Gasteiger partial charge in [0.15, 0.2) is 5.96 Å². The van der Waals surface area contributed by atoms with E-state index in [0.29, 0.717) is 11.2 Å². The summed E-state index contributed by atoms with van der Waals surface area (Å²) in [5.74, 6) is 1.90. The molecule has 0 aromatic carbocycles. The topological polar surface area (TPSA) is 50.4 Å². The minimum absolute atomic E-state index is 0.609. The van der Waals surface area contributed by atoms with Crippen molar-refractivity contribution in [3.63, 3.8) is 0 Å². The maximum Gasteiger partial charge on any atom is 0.188 e. The van der Waals surface area contributed by atoms with Crippen LogP contribution < -0.4 is 11.1 Å². The van der Waals surface area contributed by atoms with E-state index in [1.165, 1.54) is 25.0 Å². The standard InChI is InChI=1S/C10H21N3S/c1-2-6-12-10(11)13-8-9-5-3-4-7-14-9/h9H,2-8H2,1H3,(H3,11,12,13). The molecule has 0 aliphatic carbocycles. The summed E-state index contributed by atoms with van der Waals surface area (Å²) >= 11 is 2.04. The van der Waals surface area contributed by atoms with Gasteiger partial charge in [0.1, 0.15) is 0 Å². The number of thioether (sulfide) groups is 1. The highest BCUT2D eigenvalue weighted by Gasteiger charge is 2.12. The van der Waals surface area contributed by atoms with Crippen LogP contribution in [0.15, 0.2) is 4.99 Å². The first kappa shape index (κ1) is 11.7. The average Bonchev–Trinajstić information content (AvgIpc) is 2.25. The molecule has 0 aromatic rings. The lowest BCUT2D eigenvalue weighted by atomic mass is 10.2. The summed E-state index contributed by atoms with van der Waals surface area (Å²) in [6.45, 7) is 3.93. The number of nitrogens with one attached hydrogen (secondary N) is 1. The first-order valence-corrected chi connectivity index (χ1v) is 6.53. The first-order valence-electron chi connectivity index (χ1n) is 5.48. The highest BCUT2D eigenvalue weighted by molar-refractivity contribution is 7.99. The van der Waals surface area contributed by atoms with Crippen LogP contribution >= 0.6 is 11.8 Å². The molecule has 1 fully saturated rings. The second kappa shape index (κ2) is 6.98. The Kier molecular flexibility index (Phi) is 5.83. The molecule has 4 heteroatoms. The summed E-state index contributed by atoms with van der Waals surface area (Å²) in [7, 11) is 0. The quantitative estimate of drug-likeness (QED) is 0.553. The van der Waals surface area contributed by atoms with E-state index in [1.54, 1.807) is 0 Å². The van der Waals surface area contributed by atoms with Gasteiger partial charge in [-0.1, -0.05) is 13.3 Å². The van der Waals surface area contributed by atoms with Gasteiger partial charge in [0.25, 0.3) is 0 Å². The Morgan fingerprint density at radius 2 is 2.43 bits per heavy atom. The zero-order valence-electron chi connectivity index (χ0n) is 8.96. The Labute approximate surface area is 90.9 Å². The molecule has 0 radical (unpaired) electrons. The zero-order chi connectivity index (χ0) is 10.2. The van der Waals surface area contributed by atoms with E-state index in [1.807, 2.05) is 11.8 Å².